The Kier molecular flexibility index (Phi) is 7.33. The topological polar surface area (TPSA) is 74.6 Å². The molecule has 2 aliphatic carbocycles. The van der Waals surface area contributed by atoms with E-state index < -0.39 is 0 Å². The maximum atomic E-state index is 12.8. The summed E-state index contributed by atoms with van der Waals surface area (Å²) in [6, 6.07) is 8.68. The lowest BCUT2D eigenvalue weighted by atomic mass is 10.1. The highest BCUT2D eigenvalue weighted by Crippen LogP contribution is 2.37. The van der Waals surface area contributed by atoms with E-state index in [1.165, 1.54) is 11.3 Å². The van der Waals surface area contributed by atoms with Gasteiger partial charge < -0.3 is 14.8 Å². The number of ether oxygens (including phenoxy) is 2. The van der Waals surface area contributed by atoms with Gasteiger partial charge in [0.2, 0.25) is 5.91 Å². The van der Waals surface area contributed by atoms with Crippen LogP contribution >= 0.6 is 11.3 Å². The molecule has 0 aliphatic heterocycles. The molecule has 7 heteroatoms. The van der Waals surface area contributed by atoms with E-state index in [0.29, 0.717) is 24.6 Å². The number of hydrogen-bond acceptors (Lipinski definition) is 6. The van der Waals surface area contributed by atoms with Crippen LogP contribution < -0.4 is 14.8 Å². The number of aryl methyl sites for hydroxylation is 1. The summed E-state index contributed by atoms with van der Waals surface area (Å²) in [6.07, 6.45) is 8.17. The molecule has 0 saturated heterocycles. The average Bonchev–Trinajstić information content (AvgIpc) is 3.62. The third-order valence-corrected chi connectivity index (χ3v) is 7.54. The van der Waals surface area contributed by atoms with Crippen LogP contribution in [0.1, 0.15) is 60.1 Å². The number of nitrogens with zero attached hydrogens (tertiary/aromatic N) is 2. The van der Waals surface area contributed by atoms with Crippen molar-refractivity contribution in [1.82, 2.24) is 4.90 Å². The smallest absolute Gasteiger partial charge is 0.226 e. The lowest BCUT2D eigenvalue weighted by Gasteiger charge is -2.23. The molecule has 0 bridgehead atoms. The molecule has 0 spiro atoms. The number of nitrogens with one attached hydrogen (secondary N) is 1. The first-order valence-electron chi connectivity index (χ1n) is 11.4. The summed E-state index contributed by atoms with van der Waals surface area (Å²) in [5.74, 6) is 1.61. The van der Waals surface area contributed by atoms with Gasteiger partial charge in [0, 0.05) is 36.0 Å². The summed E-state index contributed by atoms with van der Waals surface area (Å²) in [6.45, 7) is 1.39. The molecular formula is C25H31N3O3S. The van der Waals surface area contributed by atoms with E-state index in [1.54, 1.807) is 25.6 Å². The Balaban J connectivity index is 1.40. The van der Waals surface area contributed by atoms with E-state index in [1.807, 2.05) is 18.2 Å². The molecule has 1 amide bonds. The van der Waals surface area contributed by atoms with Crippen LogP contribution in [0.3, 0.4) is 0 Å². The van der Waals surface area contributed by atoms with Crippen LogP contribution in [0.25, 0.3) is 0 Å². The molecule has 0 unspecified atom stereocenters. The fourth-order valence-corrected chi connectivity index (χ4v) is 5.69. The van der Waals surface area contributed by atoms with E-state index in [2.05, 4.69) is 16.3 Å². The summed E-state index contributed by atoms with van der Waals surface area (Å²) in [5, 5.41) is 13.5. The normalized spacial score (nSPS) is 15.6. The van der Waals surface area contributed by atoms with E-state index in [4.69, 9.17) is 9.47 Å². The monoisotopic (exact) mass is 453 g/mol. The quantitative estimate of drug-likeness (QED) is 0.547. The van der Waals surface area contributed by atoms with Gasteiger partial charge in [0.1, 0.15) is 22.6 Å². The first-order chi connectivity index (χ1) is 15.6. The van der Waals surface area contributed by atoms with Gasteiger partial charge in [-0.1, -0.05) is 6.42 Å². The van der Waals surface area contributed by atoms with Gasteiger partial charge >= 0.3 is 0 Å². The fraction of sp³-hybridized carbons (Fsp3) is 0.520. The number of carbonyl (C=O) groups is 1. The number of amides is 1. The SMILES string of the molecule is COc1ccc(OC)c(CN(CCC(=O)Nc2sc3c(c2C#N)CCCCC3)C2CC2)c1. The zero-order valence-electron chi connectivity index (χ0n) is 18.9. The number of benzene rings is 1. The first-order valence-corrected chi connectivity index (χ1v) is 12.2. The van der Waals surface area contributed by atoms with Crippen LogP contribution in [0.5, 0.6) is 11.5 Å². The molecule has 6 nitrogen and oxygen atoms in total. The lowest BCUT2D eigenvalue weighted by molar-refractivity contribution is -0.116. The van der Waals surface area contributed by atoms with Crippen LogP contribution in [0.4, 0.5) is 5.00 Å². The number of carbonyl (C=O) groups excluding carboxylic acids is 1. The highest BCUT2D eigenvalue weighted by molar-refractivity contribution is 7.16. The molecule has 1 saturated carbocycles. The number of fused-ring (bicyclic) bond motifs is 1. The molecule has 1 fully saturated rings. The number of methoxy groups -OCH3 is 2. The standard InChI is InChI=1S/C25H31N3O3S/c1-30-19-10-11-22(31-2)17(14-19)16-28(18-8-9-18)13-12-24(29)27-25-21(15-26)20-6-4-3-5-7-23(20)32-25/h10-11,14,18H,3-9,12-13,16H2,1-2H3,(H,27,29). The van der Waals surface area contributed by atoms with Crippen molar-refractivity contribution in [3.8, 4) is 17.6 Å². The van der Waals surface area contributed by atoms with E-state index >= 15 is 0 Å². The molecule has 2 aliphatic rings. The second-order valence-electron chi connectivity index (χ2n) is 8.56. The van der Waals surface area contributed by atoms with Gasteiger partial charge in [0.25, 0.3) is 0 Å². The van der Waals surface area contributed by atoms with Crippen LogP contribution in [0.2, 0.25) is 0 Å². The number of rotatable bonds is 9. The zero-order chi connectivity index (χ0) is 22.5. The molecule has 1 aromatic carbocycles. The number of anilines is 1. The Labute approximate surface area is 194 Å². The summed E-state index contributed by atoms with van der Waals surface area (Å²) in [7, 11) is 3.34. The minimum Gasteiger partial charge on any atom is -0.497 e. The molecule has 2 aromatic rings. The minimum atomic E-state index is -0.0267. The van der Waals surface area contributed by atoms with E-state index in [-0.39, 0.29) is 5.91 Å². The summed E-state index contributed by atoms with van der Waals surface area (Å²) < 4.78 is 10.9. The maximum Gasteiger partial charge on any atom is 0.226 e. The van der Waals surface area contributed by atoms with E-state index in [0.717, 1.165) is 72.7 Å². The maximum absolute atomic E-state index is 12.8. The molecular weight excluding hydrogens is 422 g/mol. The predicted octanol–water partition coefficient (Wildman–Crippen LogP) is 4.90. The van der Waals surface area contributed by atoms with Gasteiger partial charge in [0.05, 0.1) is 19.8 Å². The van der Waals surface area contributed by atoms with Crippen molar-refractivity contribution in [2.24, 2.45) is 0 Å². The van der Waals surface area contributed by atoms with Crippen LogP contribution in [0, 0.1) is 11.3 Å². The van der Waals surface area contributed by atoms with Gasteiger partial charge in [-0.3, -0.25) is 9.69 Å². The Morgan fingerprint density at radius 2 is 2.03 bits per heavy atom. The summed E-state index contributed by atoms with van der Waals surface area (Å²) in [5.41, 5.74) is 2.91. The minimum absolute atomic E-state index is 0.0267. The predicted molar refractivity (Wildman–Crippen MR) is 127 cm³/mol. The molecule has 0 radical (unpaired) electrons. The van der Waals surface area contributed by atoms with Crippen molar-refractivity contribution in [2.75, 3.05) is 26.1 Å². The van der Waals surface area contributed by atoms with Crippen molar-refractivity contribution >= 4 is 22.2 Å². The Bertz CT molecular complexity index is 1010. The molecule has 32 heavy (non-hydrogen) atoms. The van der Waals surface area contributed by atoms with Crippen molar-refractivity contribution in [3.05, 3.63) is 39.8 Å². The Morgan fingerprint density at radius 1 is 1.22 bits per heavy atom. The molecule has 1 heterocycles. The van der Waals surface area contributed by atoms with Crippen LogP contribution in [0.15, 0.2) is 18.2 Å². The largest absolute Gasteiger partial charge is 0.497 e. The second kappa shape index (κ2) is 10.4. The molecule has 4 rings (SSSR count). The van der Waals surface area contributed by atoms with Crippen molar-refractivity contribution < 1.29 is 14.3 Å². The molecule has 0 atom stereocenters. The first kappa shape index (κ1) is 22.6. The van der Waals surface area contributed by atoms with Gasteiger partial charge in [-0.05, 0) is 62.3 Å². The van der Waals surface area contributed by atoms with E-state index in [9.17, 15) is 10.1 Å². The van der Waals surface area contributed by atoms with Gasteiger partial charge in [-0.15, -0.1) is 11.3 Å². The van der Waals surface area contributed by atoms with Crippen LogP contribution in [-0.2, 0) is 24.2 Å². The fourth-order valence-electron chi connectivity index (χ4n) is 4.44. The molecule has 1 aromatic heterocycles. The number of thiophene rings is 1. The van der Waals surface area contributed by atoms with Crippen molar-refractivity contribution in [3.63, 3.8) is 0 Å². The highest BCUT2D eigenvalue weighted by Gasteiger charge is 2.30. The summed E-state index contributed by atoms with van der Waals surface area (Å²) in [4.78, 5) is 16.4. The number of nitriles is 1. The highest BCUT2D eigenvalue weighted by atomic mass is 32.1. The Morgan fingerprint density at radius 3 is 2.75 bits per heavy atom. The molecule has 1 N–H and O–H groups in total. The third-order valence-electron chi connectivity index (χ3n) is 6.34. The van der Waals surface area contributed by atoms with Crippen LogP contribution in [-0.4, -0.2) is 37.6 Å². The lowest BCUT2D eigenvalue weighted by Crippen LogP contribution is -2.29. The molecule has 170 valence electrons. The summed E-state index contributed by atoms with van der Waals surface area (Å²) >= 11 is 1.59. The zero-order valence-corrected chi connectivity index (χ0v) is 19.7. The van der Waals surface area contributed by atoms with Crippen molar-refractivity contribution in [1.29, 1.82) is 5.26 Å². The number of hydrogen-bond donors (Lipinski definition) is 1. The average molecular weight is 454 g/mol. The van der Waals surface area contributed by atoms with Gasteiger partial charge in [-0.25, -0.2) is 0 Å². The van der Waals surface area contributed by atoms with Gasteiger partial charge in [-0.2, -0.15) is 5.26 Å². The Hall–Kier alpha value is -2.56. The third kappa shape index (κ3) is 5.25. The van der Waals surface area contributed by atoms with Gasteiger partial charge in [0.15, 0.2) is 0 Å². The second-order valence-corrected chi connectivity index (χ2v) is 9.66. The van der Waals surface area contributed by atoms with Crippen molar-refractivity contribution in [2.45, 2.75) is 64.0 Å².